The first-order chi connectivity index (χ1) is 6.24. The monoisotopic (exact) mass is 177 g/mol. The van der Waals surface area contributed by atoms with Crippen molar-refractivity contribution in [2.75, 3.05) is 5.32 Å². The number of rotatable bonds is 2. The third-order valence-corrected chi connectivity index (χ3v) is 1.58. The Morgan fingerprint density at radius 3 is 2.54 bits per heavy atom. The molecule has 1 aromatic carbocycles. The second-order valence-electron chi connectivity index (χ2n) is 2.63. The molecule has 0 aromatic heterocycles. The lowest BCUT2D eigenvalue weighted by Crippen LogP contribution is -2.12. The molecule has 3 nitrogen and oxygen atoms in total. The van der Waals surface area contributed by atoms with Crippen LogP contribution < -0.4 is 5.32 Å². The Labute approximate surface area is 76.7 Å². The number of para-hydroxylation sites is 1. The predicted molar refractivity (Wildman–Crippen MR) is 51.5 cm³/mol. The summed E-state index contributed by atoms with van der Waals surface area (Å²) in [7, 11) is 0. The highest BCUT2D eigenvalue weighted by molar-refractivity contribution is 6.02. The Balaban J connectivity index is 2.66. The van der Waals surface area contributed by atoms with Crippen molar-refractivity contribution < 1.29 is 9.90 Å². The number of carbonyl (C=O) groups is 1. The Hall–Kier alpha value is -1.77. The van der Waals surface area contributed by atoms with Crippen LogP contribution in [0.2, 0.25) is 0 Å². The Bertz CT molecular complexity index is 317. The van der Waals surface area contributed by atoms with Crippen LogP contribution in [0, 0.1) is 0 Å². The highest BCUT2D eigenvalue weighted by Crippen LogP contribution is 2.06. The molecule has 0 aliphatic carbocycles. The molecule has 0 heterocycles. The zero-order valence-electron chi connectivity index (χ0n) is 7.32. The normalized spacial score (nSPS) is 11.0. The summed E-state index contributed by atoms with van der Waals surface area (Å²) in [6.07, 6.45) is 0.790. The van der Waals surface area contributed by atoms with Crippen molar-refractivity contribution in [1.29, 1.82) is 0 Å². The van der Waals surface area contributed by atoms with Crippen LogP contribution >= 0.6 is 0 Å². The van der Waals surface area contributed by atoms with Crippen LogP contribution in [-0.2, 0) is 4.79 Å². The minimum atomic E-state index is -0.297. The number of anilines is 1. The fraction of sp³-hybridized carbons (Fsp3) is 0.100. The maximum Gasteiger partial charge on any atom is 0.254 e. The lowest BCUT2D eigenvalue weighted by Gasteiger charge is -2.03. The third-order valence-electron chi connectivity index (χ3n) is 1.58. The van der Waals surface area contributed by atoms with E-state index in [4.69, 9.17) is 5.11 Å². The van der Waals surface area contributed by atoms with E-state index in [9.17, 15) is 4.79 Å². The average molecular weight is 177 g/mol. The number of amides is 1. The fourth-order valence-corrected chi connectivity index (χ4v) is 0.810. The second kappa shape index (κ2) is 4.30. The highest BCUT2D eigenvalue weighted by Gasteiger charge is 2.03. The lowest BCUT2D eigenvalue weighted by molar-refractivity contribution is -0.112. The quantitative estimate of drug-likeness (QED) is 0.536. The first-order valence-corrected chi connectivity index (χ1v) is 3.91. The van der Waals surface area contributed by atoms with Crippen molar-refractivity contribution in [3.05, 3.63) is 42.2 Å². The van der Waals surface area contributed by atoms with Crippen molar-refractivity contribution in [3.8, 4) is 0 Å². The minimum absolute atomic E-state index is 0.281. The molecule has 0 saturated carbocycles. The van der Waals surface area contributed by atoms with Gasteiger partial charge in [0.1, 0.15) is 0 Å². The molecule has 0 unspecified atom stereocenters. The van der Waals surface area contributed by atoms with Gasteiger partial charge in [-0.15, -0.1) is 0 Å². The van der Waals surface area contributed by atoms with Crippen LogP contribution in [0.15, 0.2) is 42.2 Å². The van der Waals surface area contributed by atoms with Gasteiger partial charge < -0.3 is 10.4 Å². The van der Waals surface area contributed by atoms with Gasteiger partial charge in [-0.25, -0.2) is 0 Å². The molecule has 1 amide bonds. The first-order valence-electron chi connectivity index (χ1n) is 3.91. The summed E-state index contributed by atoms with van der Waals surface area (Å²) in [4.78, 5) is 11.2. The van der Waals surface area contributed by atoms with E-state index < -0.39 is 0 Å². The Morgan fingerprint density at radius 2 is 2.00 bits per heavy atom. The number of aliphatic hydroxyl groups excluding tert-OH is 1. The standard InChI is InChI=1S/C10H11NO2/c1-8(7-12)10(13)11-9-5-3-2-4-6-9/h2-7,12H,1H3,(H,11,13)/b8-7+. The molecule has 1 rings (SSSR count). The summed E-state index contributed by atoms with van der Waals surface area (Å²) < 4.78 is 0. The molecule has 2 N–H and O–H groups in total. The maximum absolute atomic E-state index is 11.2. The smallest absolute Gasteiger partial charge is 0.254 e. The summed E-state index contributed by atoms with van der Waals surface area (Å²) >= 11 is 0. The van der Waals surface area contributed by atoms with E-state index in [0.29, 0.717) is 5.69 Å². The van der Waals surface area contributed by atoms with Gasteiger partial charge in [-0.2, -0.15) is 0 Å². The van der Waals surface area contributed by atoms with Gasteiger partial charge in [-0.3, -0.25) is 4.79 Å². The van der Waals surface area contributed by atoms with Crippen molar-refractivity contribution in [1.82, 2.24) is 0 Å². The molecule has 0 saturated heterocycles. The lowest BCUT2D eigenvalue weighted by atomic mass is 10.3. The topological polar surface area (TPSA) is 49.3 Å². The van der Waals surface area contributed by atoms with Gasteiger partial charge in [0.25, 0.3) is 5.91 Å². The van der Waals surface area contributed by atoms with Crippen LogP contribution in [0.1, 0.15) is 6.92 Å². The van der Waals surface area contributed by atoms with E-state index in [1.54, 1.807) is 12.1 Å². The summed E-state index contributed by atoms with van der Waals surface area (Å²) in [6, 6.07) is 9.08. The SMILES string of the molecule is C/C(=C\O)C(=O)Nc1ccccc1. The number of nitrogens with one attached hydrogen (secondary N) is 1. The molecule has 68 valence electrons. The van der Waals surface area contributed by atoms with E-state index in [2.05, 4.69) is 5.32 Å². The molecule has 1 aromatic rings. The molecular formula is C10H11NO2. The molecule has 0 aliphatic heterocycles. The second-order valence-corrected chi connectivity index (χ2v) is 2.63. The van der Waals surface area contributed by atoms with Gasteiger partial charge in [0.05, 0.1) is 6.26 Å². The largest absolute Gasteiger partial charge is 0.515 e. The summed E-state index contributed by atoms with van der Waals surface area (Å²) in [5.41, 5.74) is 0.998. The number of carbonyl (C=O) groups excluding carboxylic acids is 1. The minimum Gasteiger partial charge on any atom is -0.515 e. The summed E-state index contributed by atoms with van der Waals surface area (Å²) in [5, 5.41) is 11.2. The van der Waals surface area contributed by atoms with Crippen molar-refractivity contribution in [3.63, 3.8) is 0 Å². The number of aliphatic hydroxyl groups is 1. The van der Waals surface area contributed by atoms with Gasteiger partial charge in [0, 0.05) is 11.3 Å². The van der Waals surface area contributed by atoms with Gasteiger partial charge in [0.15, 0.2) is 0 Å². The van der Waals surface area contributed by atoms with E-state index in [1.807, 2.05) is 18.2 Å². The van der Waals surface area contributed by atoms with E-state index in [-0.39, 0.29) is 11.5 Å². The molecule has 0 fully saturated rings. The zero-order chi connectivity index (χ0) is 9.68. The number of hydrogen-bond acceptors (Lipinski definition) is 2. The van der Waals surface area contributed by atoms with Crippen molar-refractivity contribution in [2.24, 2.45) is 0 Å². The maximum atomic E-state index is 11.2. The molecular weight excluding hydrogens is 166 g/mol. The molecule has 13 heavy (non-hydrogen) atoms. The average Bonchev–Trinajstić information content (AvgIpc) is 2.18. The molecule has 0 spiro atoms. The highest BCUT2D eigenvalue weighted by atomic mass is 16.2. The van der Waals surface area contributed by atoms with Crippen LogP contribution in [0.5, 0.6) is 0 Å². The fourth-order valence-electron chi connectivity index (χ4n) is 0.810. The van der Waals surface area contributed by atoms with Crippen molar-refractivity contribution >= 4 is 11.6 Å². The Kier molecular flexibility index (Phi) is 3.09. The van der Waals surface area contributed by atoms with E-state index in [0.717, 1.165) is 6.26 Å². The molecule has 3 heteroatoms. The first kappa shape index (κ1) is 9.32. The van der Waals surface area contributed by atoms with Crippen LogP contribution in [0.4, 0.5) is 5.69 Å². The molecule has 0 aliphatic rings. The van der Waals surface area contributed by atoms with Crippen LogP contribution in [0.3, 0.4) is 0 Å². The predicted octanol–water partition coefficient (Wildman–Crippen LogP) is 2.09. The van der Waals surface area contributed by atoms with Gasteiger partial charge in [-0.05, 0) is 19.1 Å². The molecule has 0 radical (unpaired) electrons. The summed E-state index contributed by atoms with van der Waals surface area (Å²) in [5.74, 6) is -0.297. The van der Waals surface area contributed by atoms with Crippen molar-refractivity contribution in [2.45, 2.75) is 6.92 Å². The van der Waals surface area contributed by atoms with E-state index >= 15 is 0 Å². The van der Waals surface area contributed by atoms with Gasteiger partial charge in [0.2, 0.25) is 0 Å². The van der Waals surface area contributed by atoms with E-state index in [1.165, 1.54) is 6.92 Å². The van der Waals surface area contributed by atoms with Gasteiger partial charge in [-0.1, -0.05) is 18.2 Å². The molecule has 0 bridgehead atoms. The molecule has 0 atom stereocenters. The zero-order valence-corrected chi connectivity index (χ0v) is 7.32. The van der Waals surface area contributed by atoms with Gasteiger partial charge >= 0.3 is 0 Å². The van der Waals surface area contributed by atoms with Crippen LogP contribution in [0.25, 0.3) is 0 Å². The number of benzene rings is 1. The number of hydrogen-bond donors (Lipinski definition) is 2. The third kappa shape index (κ3) is 2.63. The summed E-state index contributed by atoms with van der Waals surface area (Å²) in [6.45, 7) is 1.54. The van der Waals surface area contributed by atoms with Crippen LogP contribution in [-0.4, -0.2) is 11.0 Å². The Morgan fingerprint density at radius 1 is 1.38 bits per heavy atom.